The van der Waals surface area contributed by atoms with Gasteiger partial charge in [-0.1, -0.05) is 76.2 Å². The molecule has 0 bridgehead atoms. The van der Waals surface area contributed by atoms with E-state index in [0.29, 0.717) is 43.2 Å². The van der Waals surface area contributed by atoms with E-state index in [-0.39, 0.29) is 6.03 Å². The minimum atomic E-state index is -0.412. The summed E-state index contributed by atoms with van der Waals surface area (Å²) >= 11 is 0. The predicted octanol–water partition coefficient (Wildman–Crippen LogP) is 4.64. The lowest BCUT2D eigenvalue weighted by Crippen LogP contribution is -2.51. The van der Waals surface area contributed by atoms with Crippen LogP contribution >= 0.6 is 0 Å². The van der Waals surface area contributed by atoms with E-state index in [9.17, 15) is 9.59 Å². The molecular weight excluding hydrogens is 440 g/mol. The van der Waals surface area contributed by atoms with Crippen LogP contribution in [0.1, 0.15) is 27.7 Å². The fourth-order valence-corrected chi connectivity index (χ4v) is 3.96. The Bertz CT molecular complexity index is 1290. The average Bonchev–Trinajstić information content (AvgIpc) is 3.20. The summed E-state index contributed by atoms with van der Waals surface area (Å²) in [4.78, 5) is 39.1. The van der Waals surface area contributed by atoms with Crippen molar-refractivity contribution in [3.8, 4) is 11.4 Å². The number of benzene rings is 2. The number of carbonyl (C=O) groups is 1. The topological polar surface area (TPSA) is 76.3 Å². The van der Waals surface area contributed by atoms with E-state index in [4.69, 9.17) is 0 Å². The van der Waals surface area contributed by atoms with Crippen molar-refractivity contribution in [2.75, 3.05) is 31.1 Å². The Morgan fingerprint density at radius 1 is 0.829 bits per heavy atom. The standard InChI is InChI=1S/C23H22N6O2.2C2H6/c1-26-21-19(16-24-20(25-21)17-8-4-2-5-9-17)29(22(26)30)23(31)28-14-12-27(13-15-28)18-10-6-3-7-11-18;2*1-2/h2-11,16H,12-15H2,1H3;2*1-2H3. The number of fused-ring (bicyclic) bond motifs is 1. The zero-order chi connectivity index (χ0) is 25.4. The number of aryl methyl sites for hydroxylation is 1. The number of hydrogen-bond acceptors (Lipinski definition) is 5. The Kier molecular flexibility index (Phi) is 8.78. The predicted molar refractivity (Wildman–Crippen MR) is 142 cm³/mol. The first kappa shape index (κ1) is 25.7. The second-order valence-corrected chi connectivity index (χ2v) is 7.54. The third kappa shape index (κ3) is 5.26. The van der Waals surface area contributed by atoms with Crippen molar-refractivity contribution < 1.29 is 4.79 Å². The molecule has 2 aromatic carbocycles. The number of para-hydroxylation sites is 1. The first-order chi connectivity index (χ1) is 17.1. The number of carbonyl (C=O) groups excluding carboxylic acids is 1. The molecule has 0 spiro atoms. The Morgan fingerprint density at radius 3 is 2.00 bits per heavy atom. The highest BCUT2D eigenvalue weighted by atomic mass is 16.2. The third-order valence-electron chi connectivity index (χ3n) is 5.68. The number of amides is 1. The van der Waals surface area contributed by atoms with Crippen LogP contribution in [0.25, 0.3) is 22.6 Å². The molecule has 184 valence electrons. The lowest BCUT2D eigenvalue weighted by molar-refractivity contribution is 0.196. The van der Waals surface area contributed by atoms with Crippen LogP contribution in [0.3, 0.4) is 0 Å². The second kappa shape index (κ2) is 12.0. The van der Waals surface area contributed by atoms with Crippen molar-refractivity contribution in [3.63, 3.8) is 0 Å². The SMILES string of the molecule is CC.CC.Cn1c(=O)n(C(=O)N2CCN(c3ccccc3)CC2)c2cnc(-c3ccccc3)nc21. The third-order valence-corrected chi connectivity index (χ3v) is 5.68. The fourth-order valence-electron chi connectivity index (χ4n) is 3.96. The van der Waals surface area contributed by atoms with Gasteiger partial charge in [0, 0.05) is 44.5 Å². The maximum absolute atomic E-state index is 13.2. The average molecular weight is 475 g/mol. The number of piperazine rings is 1. The van der Waals surface area contributed by atoms with Gasteiger partial charge in [0.1, 0.15) is 5.52 Å². The highest BCUT2D eigenvalue weighted by Crippen LogP contribution is 2.19. The van der Waals surface area contributed by atoms with Crippen molar-refractivity contribution in [2.45, 2.75) is 27.7 Å². The summed E-state index contributed by atoms with van der Waals surface area (Å²) in [6.45, 7) is 10.5. The number of rotatable bonds is 2. The van der Waals surface area contributed by atoms with E-state index >= 15 is 0 Å². The Balaban J connectivity index is 0.000000815. The van der Waals surface area contributed by atoms with Crippen molar-refractivity contribution in [1.29, 1.82) is 0 Å². The van der Waals surface area contributed by atoms with Crippen LogP contribution < -0.4 is 10.6 Å². The van der Waals surface area contributed by atoms with Crippen LogP contribution in [0.2, 0.25) is 0 Å². The van der Waals surface area contributed by atoms with Gasteiger partial charge in [-0.2, -0.15) is 0 Å². The van der Waals surface area contributed by atoms with Crippen molar-refractivity contribution in [2.24, 2.45) is 7.05 Å². The normalized spacial score (nSPS) is 12.9. The van der Waals surface area contributed by atoms with Crippen LogP contribution in [0.4, 0.5) is 10.5 Å². The summed E-state index contributed by atoms with van der Waals surface area (Å²) in [6.07, 6.45) is 1.56. The number of nitrogens with zero attached hydrogens (tertiary/aromatic N) is 6. The van der Waals surface area contributed by atoms with Crippen LogP contribution in [-0.2, 0) is 7.05 Å². The molecule has 35 heavy (non-hydrogen) atoms. The highest BCUT2D eigenvalue weighted by Gasteiger charge is 2.26. The summed E-state index contributed by atoms with van der Waals surface area (Å²) in [5.74, 6) is 0.518. The van der Waals surface area contributed by atoms with Crippen molar-refractivity contribution >= 4 is 22.9 Å². The molecule has 0 N–H and O–H groups in total. The van der Waals surface area contributed by atoms with E-state index in [1.165, 1.54) is 9.13 Å². The first-order valence-electron chi connectivity index (χ1n) is 12.2. The monoisotopic (exact) mass is 474 g/mol. The van der Waals surface area contributed by atoms with E-state index < -0.39 is 5.69 Å². The minimum Gasteiger partial charge on any atom is -0.368 e. The maximum Gasteiger partial charge on any atom is 0.338 e. The fraction of sp³-hybridized carbons (Fsp3) is 0.333. The van der Waals surface area contributed by atoms with Crippen molar-refractivity contribution in [1.82, 2.24) is 24.0 Å². The zero-order valence-corrected chi connectivity index (χ0v) is 21.2. The summed E-state index contributed by atoms with van der Waals surface area (Å²) in [5.41, 5.74) is 2.44. The molecule has 0 saturated carbocycles. The molecule has 0 aliphatic carbocycles. The summed E-state index contributed by atoms with van der Waals surface area (Å²) in [7, 11) is 1.63. The largest absolute Gasteiger partial charge is 0.368 e. The molecule has 1 amide bonds. The van der Waals surface area contributed by atoms with Gasteiger partial charge in [-0.15, -0.1) is 0 Å². The van der Waals surface area contributed by atoms with Gasteiger partial charge in [0.15, 0.2) is 11.5 Å². The molecule has 2 aromatic heterocycles. The maximum atomic E-state index is 13.2. The zero-order valence-electron chi connectivity index (χ0n) is 21.2. The molecule has 1 aliphatic heterocycles. The summed E-state index contributed by atoms with van der Waals surface area (Å²) in [5, 5.41) is 0. The van der Waals surface area contributed by atoms with Crippen molar-refractivity contribution in [3.05, 3.63) is 77.3 Å². The van der Waals surface area contributed by atoms with E-state index in [1.54, 1.807) is 18.1 Å². The van der Waals surface area contributed by atoms with E-state index in [1.807, 2.05) is 76.2 Å². The van der Waals surface area contributed by atoms with Gasteiger partial charge in [0.2, 0.25) is 0 Å². The number of imidazole rings is 1. The second-order valence-electron chi connectivity index (χ2n) is 7.54. The summed E-state index contributed by atoms with van der Waals surface area (Å²) in [6, 6.07) is 19.4. The number of anilines is 1. The van der Waals surface area contributed by atoms with Gasteiger partial charge in [0.25, 0.3) is 0 Å². The molecule has 1 saturated heterocycles. The van der Waals surface area contributed by atoms with E-state index in [0.717, 1.165) is 11.3 Å². The summed E-state index contributed by atoms with van der Waals surface area (Å²) < 4.78 is 2.59. The Morgan fingerprint density at radius 2 is 1.40 bits per heavy atom. The van der Waals surface area contributed by atoms with E-state index in [2.05, 4.69) is 27.0 Å². The molecule has 3 heterocycles. The van der Waals surface area contributed by atoms with Gasteiger partial charge >= 0.3 is 11.7 Å². The Hall–Kier alpha value is -3.94. The Labute approximate surface area is 206 Å². The molecule has 8 nitrogen and oxygen atoms in total. The molecule has 0 atom stereocenters. The van der Waals surface area contributed by atoms with Crippen LogP contribution in [-0.4, -0.2) is 56.2 Å². The minimum absolute atomic E-state index is 0.334. The molecule has 5 rings (SSSR count). The molecule has 4 aromatic rings. The first-order valence-corrected chi connectivity index (χ1v) is 12.2. The molecule has 1 fully saturated rings. The molecule has 0 radical (unpaired) electrons. The van der Waals surface area contributed by atoms with Gasteiger partial charge < -0.3 is 9.80 Å². The van der Waals surface area contributed by atoms with Gasteiger partial charge in [-0.25, -0.2) is 24.1 Å². The number of hydrogen-bond donors (Lipinski definition) is 0. The van der Waals surface area contributed by atoms with Crippen LogP contribution in [0.5, 0.6) is 0 Å². The lowest BCUT2D eigenvalue weighted by Gasteiger charge is -2.35. The highest BCUT2D eigenvalue weighted by molar-refractivity contribution is 5.88. The smallest absolute Gasteiger partial charge is 0.338 e. The molecular formula is C27H34N6O2. The van der Waals surface area contributed by atoms with Crippen LogP contribution in [0.15, 0.2) is 71.7 Å². The molecule has 1 aliphatic rings. The number of aromatic nitrogens is 4. The van der Waals surface area contributed by atoms with Gasteiger partial charge in [-0.05, 0) is 12.1 Å². The van der Waals surface area contributed by atoms with Gasteiger partial charge in [-0.3, -0.25) is 4.57 Å². The van der Waals surface area contributed by atoms with Crippen LogP contribution in [0, 0.1) is 0 Å². The quantitative estimate of drug-likeness (QED) is 0.423. The molecule has 8 heteroatoms. The van der Waals surface area contributed by atoms with Gasteiger partial charge in [0.05, 0.1) is 6.20 Å². The lowest BCUT2D eigenvalue weighted by atomic mass is 10.2. The molecule has 0 unspecified atom stereocenters.